The number of benzene rings is 4. The second-order valence-corrected chi connectivity index (χ2v) is 9.97. The van der Waals surface area contributed by atoms with Crippen molar-refractivity contribution in [1.82, 2.24) is 0 Å². The van der Waals surface area contributed by atoms with E-state index in [2.05, 4.69) is 0 Å². The van der Waals surface area contributed by atoms with E-state index in [-0.39, 0.29) is 35.3 Å². The van der Waals surface area contributed by atoms with Crippen molar-refractivity contribution in [1.29, 1.82) is 0 Å². The molecule has 2 bridgehead atoms. The van der Waals surface area contributed by atoms with Gasteiger partial charge in [0.2, 0.25) is 0 Å². The first-order valence-electron chi connectivity index (χ1n) is 12.3. The normalized spacial score (nSPS) is 24.6. The lowest BCUT2D eigenvalue weighted by molar-refractivity contribution is -0.149. The molecule has 0 spiro atoms. The summed E-state index contributed by atoms with van der Waals surface area (Å²) in [5, 5.41) is 51.6. The topological polar surface area (TPSA) is 129 Å². The summed E-state index contributed by atoms with van der Waals surface area (Å²) in [7, 11) is 0. The summed E-state index contributed by atoms with van der Waals surface area (Å²) < 4.78 is 19.4. The van der Waals surface area contributed by atoms with Crippen LogP contribution in [-0.2, 0) is 12.2 Å². The van der Waals surface area contributed by atoms with E-state index in [0.717, 1.165) is 11.1 Å². The van der Waals surface area contributed by atoms with Crippen LogP contribution in [0.5, 0.6) is 40.2 Å². The molecule has 192 valence electrons. The van der Waals surface area contributed by atoms with Gasteiger partial charge in [0, 0.05) is 47.1 Å². The molecule has 4 aromatic carbocycles. The minimum absolute atomic E-state index is 0.0704. The van der Waals surface area contributed by atoms with Gasteiger partial charge in [-0.05, 0) is 48.0 Å². The Morgan fingerprint density at radius 2 is 1.53 bits per heavy atom. The van der Waals surface area contributed by atoms with Gasteiger partial charge in [0.15, 0.2) is 11.5 Å². The molecule has 3 heterocycles. The smallest absolute Gasteiger partial charge is 0.278 e. The maximum absolute atomic E-state index is 11.0. The van der Waals surface area contributed by atoms with E-state index in [4.69, 9.17) is 14.2 Å². The van der Waals surface area contributed by atoms with Crippen molar-refractivity contribution in [3.8, 4) is 40.2 Å². The molecular formula is C30H24O8. The standard InChI is InChI=1S/C30H24O8/c31-17-8-6-16(7-9-17)30-14-20(18-3-1-2-4-25(18)37-30)27-26(38-30)13-22(33)19-12-24(35)28(36-29(19)27)15-5-10-21(32)23(34)11-15/h1-11,13,20,24,28,31-35H,12,14H2/t20?,24-,28+,30?/m0/s1. The van der Waals surface area contributed by atoms with Crippen molar-refractivity contribution >= 4 is 0 Å². The fraction of sp³-hybridized carbons (Fsp3) is 0.200. The first-order valence-corrected chi connectivity index (χ1v) is 12.3. The Hall–Kier alpha value is -4.56. The van der Waals surface area contributed by atoms with Gasteiger partial charge >= 0.3 is 0 Å². The number of aliphatic hydroxyl groups excluding tert-OH is 1. The average Bonchev–Trinajstić information content (AvgIpc) is 2.90. The number of fused-ring (bicyclic) bond motifs is 8. The highest BCUT2D eigenvalue weighted by Gasteiger charge is 2.52. The highest BCUT2D eigenvalue weighted by atomic mass is 16.7. The van der Waals surface area contributed by atoms with Crippen molar-refractivity contribution in [2.45, 2.75) is 36.8 Å². The van der Waals surface area contributed by atoms with Gasteiger partial charge in [-0.25, -0.2) is 0 Å². The molecule has 3 aliphatic heterocycles. The molecule has 38 heavy (non-hydrogen) atoms. The van der Waals surface area contributed by atoms with Crippen LogP contribution in [0.15, 0.2) is 72.8 Å². The maximum atomic E-state index is 11.0. The molecule has 8 heteroatoms. The van der Waals surface area contributed by atoms with Crippen molar-refractivity contribution < 1.29 is 39.7 Å². The quantitative estimate of drug-likeness (QED) is 0.244. The number of aliphatic hydroxyl groups is 1. The van der Waals surface area contributed by atoms with Crippen LogP contribution in [0.4, 0.5) is 0 Å². The van der Waals surface area contributed by atoms with Crippen molar-refractivity contribution in [2.24, 2.45) is 0 Å². The Bertz CT molecular complexity index is 1580. The summed E-state index contributed by atoms with van der Waals surface area (Å²) in [6.45, 7) is 0. The average molecular weight is 513 g/mol. The Labute approximate surface area is 217 Å². The van der Waals surface area contributed by atoms with Crippen molar-refractivity contribution in [2.75, 3.05) is 0 Å². The van der Waals surface area contributed by atoms with Crippen molar-refractivity contribution in [3.05, 3.63) is 101 Å². The summed E-state index contributed by atoms with van der Waals surface area (Å²) >= 11 is 0. The Morgan fingerprint density at radius 1 is 0.763 bits per heavy atom. The second kappa shape index (κ2) is 7.97. The van der Waals surface area contributed by atoms with E-state index in [9.17, 15) is 25.5 Å². The second-order valence-electron chi connectivity index (χ2n) is 9.97. The van der Waals surface area contributed by atoms with Crippen LogP contribution in [0.25, 0.3) is 0 Å². The fourth-order valence-corrected chi connectivity index (χ4v) is 5.86. The van der Waals surface area contributed by atoms with Crippen molar-refractivity contribution in [3.63, 3.8) is 0 Å². The third-order valence-corrected chi connectivity index (χ3v) is 7.67. The van der Waals surface area contributed by atoms with E-state index in [1.165, 1.54) is 18.2 Å². The summed E-state index contributed by atoms with van der Waals surface area (Å²) in [5.74, 6) is -0.493. The number of phenols is 4. The molecule has 0 saturated carbocycles. The summed E-state index contributed by atoms with van der Waals surface area (Å²) in [6, 6.07) is 20.2. The van der Waals surface area contributed by atoms with Crippen LogP contribution in [0.1, 0.15) is 46.3 Å². The Morgan fingerprint density at radius 3 is 2.32 bits per heavy atom. The number of phenolic OH excluding ortho intramolecular Hbond substituents is 4. The molecule has 0 amide bonds. The third kappa shape index (κ3) is 3.27. The highest BCUT2D eigenvalue weighted by Crippen LogP contribution is 2.60. The zero-order chi connectivity index (χ0) is 26.2. The first-order chi connectivity index (χ1) is 18.3. The van der Waals surface area contributed by atoms with Crippen LogP contribution in [0, 0.1) is 0 Å². The van der Waals surface area contributed by atoms with Crippen LogP contribution >= 0.6 is 0 Å². The van der Waals surface area contributed by atoms with Gasteiger partial charge in [-0.1, -0.05) is 24.3 Å². The largest absolute Gasteiger partial charge is 0.508 e. The number of aromatic hydroxyl groups is 4. The summed E-state index contributed by atoms with van der Waals surface area (Å²) in [4.78, 5) is 0. The molecule has 0 saturated heterocycles. The molecule has 0 aromatic heterocycles. The maximum Gasteiger partial charge on any atom is 0.278 e. The third-order valence-electron chi connectivity index (χ3n) is 7.67. The summed E-state index contributed by atoms with van der Waals surface area (Å²) in [6.07, 6.45) is -1.32. The van der Waals surface area contributed by atoms with E-state index >= 15 is 0 Å². The van der Waals surface area contributed by atoms with Gasteiger partial charge in [-0.2, -0.15) is 0 Å². The Kier molecular flexibility index (Phi) is 4.74. The number of rotatable bonds is 2. The lowest BCUT2D eigenvalue weighted by Crippen LogP contribution is -2.47. The predicted octanol–water partition coefficient (Wildman–Crippen LogP) is 4.71. The zero-order valence-corrected chi connectivity index (χ0v) is 20.0. The minimum Gasteiger partial charge on any atom is -0.508 e. The molecule has 2 unspecified atom stereocenters. The molecule has 4 aromatic rings. The van der Waals surface area contributed by atoms with Crippen LogP contribution in [0.2, 0.25) is 0 Å². The molecular weight excluding hydrogens is 488 g/mol. The lowest BCUT2D eigenvalue weighted by Gasteiger charge is -2.47. The van der Waals surface area contributed by atoms with E-state index < -0.39 is 18.0 Å². The molecule has 8 nitrogen and oxygen atoms in total. The molecule has 7 rings (SSSR count). The van der Waals surface area contributed by atoms with E-state index in [1.54, 1.807) is 30.3 Å². The molecule has 0 aliphatic carbocycles. The molecule has 0 radical (unpaired) electrons. The van der Waals surface area contributed by atoms with Gasteiger partial charge in [0.25, 0.3) is 5.79 Å². The number of hydrogen-bond donors (Lipinski definition) is 5. The van der Waals surface area contributed by atoms with Gasteiger partial charge in [0.05, 0.1) is 6.10 Å². The van der Waals surface area contributed by atoms with Crippen LogP contribution in [0.3, 0.4) is 0 Å². The fourth-order valence-electron chi connectivity index (χ4n) is 5.86. The van der Waals surface area contributed by atoms with E-state index in [1.807, 2.05) is 24.3 Å². The van der Waals surface area contributed by atoms with Gasteiger partial charge in [-0.15, -0.1) is 0 Å². The number of para-hydroxylation sites is 1. The SMILES string of the molecule is Oc1ccc(C23CC(c4ccccc4O2)c2c(cc(O)c4c2O[C@H](c2ccc(O)c(O)c2)[C@@H](O)C4)O3)cc1. The first kappa shape index (κ1) is 22.6. The van der Waals surface area contributed by atoms with E-state index in [0.29, 0.717) is 40.4 Å². The summed E-state index contributed by atoms with van der Waals surface area (Å²) in [5.41, 5.74) is 3.35. The van der Waals surface area contributed by atoms with Crippen LogP contribution < -0.4 is 14.2 Å². The molecule has 0 fully saturated rings. The zero-order valence-electron chi connectivity index (χ0n) is 20.0. The number of hydrogen-bond acceptors (Lipinski definition) is 8. The molecule has 4 atom stereocenters. The minimum atomic E-state index is -1.20. The van der Waals surface area contributed by atoms with Gasteiger partial charge < -0.3 is 39.7 Å². The molecule has 3 aliphatic rings. The molecule has 5 N–H and O–H groups in total. The lowest BCUT2D eigenvalue weighted by atomic mass is 9.76. The number of ether oxygens (including phenoxy) is 3. The van der Waals surface area contributed by atoms with Gasteiger partial charge in [-0.3, -0.25) is 0 Å². The highest BCUT2D eigenvalue weighted by molar-refractivity contribution is 5.64. The van der Waals surface area contributed by atoms with Gasteiger partial charge in [0.1, 0.15) is 34.9 Å². The monoisotopic (exact) mass is 512 g/mol. The van der Waals surface area contributed by atoms with Crippen LogP contribution in [-0.4, -0.2) is 31.6 Å². The Balaban J connectivity index is 1.41. The predicted molar refractivity (Wildman–Crippen MR) is 135 cm³/mol.